The highest BCUT2D eigenvalue weighted by atomic mass is 19.3. The highest BCUT2D eigenvalue weighted by Crippen LogP contribution is 2.23. The van der Waals surface area contributed by atoms with Crippen LogP contribution in [0, 0.1) is 5.82 Å². The molecular formula is C21H23F3N4O2. The summed E-state index contributed by atoms with van der Waals surface area (Å²) >= 11 is 0. The van der Waals surface area contributed by atoms with Gasteiger partial charge in [-0.25, -0.2) is 4.39 Å². The first kappa shape index (κ1) is 21.5. The van der Waals surface area contributed by atoms with Gasteiger partial charge in [-0.1, -0.05) is 18.2 Å². The van der Waals surface area contributed by atoms with Crippen molar-refractivity contribution in [2.75, 3.05) is 18.5 Å². The molecule has 1 saturated heterocycles. The van der Waals surface area contributed by atoms with Gasteiger partial charge in [0.25, 0.3) is 0 Å². The second-order valence-corrected chi connectivity index (χ2v) is 6.69. The Hall–Kier alpha value is -3.23. The van der Waals surface area contributed by atoms with E-state index < -0.39 is 12.4 Å². The molecule has 3 rings (SSSR count). The second-order valence-electron chi connectivity index (χ2n) is 6.69. The van der Waals surface area contributed by atoms with Crippen molar-refractivity contribution in [2.24, 2.45) is 4.99 Å². The van der Waals surface area contributed by atoms with Crippen LogP contribution in [0.25, 0.3) is 0 Å². The standard InChI is InChI=1S/C21H23F3N4O2/c1-25-21(27-13-16-17(22)4-2-5-18(16)30-20(23)24)26-12-14-7-9-15(10-8-14)28-11-3-6-19(28)29/h2,4-5,7-10,20H,3,6,11-13H2,1H3,(H2,25,26,27). The largest absolute Gasteiger partial charge is 0.434 e. The monoisotopic (exact) mass is 420 g/mol. The van der Waals surface area contributed by atoms with Crippen molar-refractivity contribution in [3.05, 3.63) is 59.4 Å². The van der Waals surface area contributed by atoms with Crippen LogP contribution in [0.1, 0.15) is 24.0 Å². The normalized spacial score (nSPS) is 14.4. The van der Waals surface area contributed by atoms with Crippen LogP contribution in [-0.2, 0) is 17.9 Å². The van der Waals surface area contributed by atoms with E-state index in [9.17, 15) is 18.0 Å². The summed E-state index contributed by atoms with van der Waals surface area (Å²) in [5.74, 6) is -0.364. The van der Waals surface area contributed by atoms with E-state index in [4.69, 9.17) is 0 Å². The number of anilines is 1. The summed E-state index contributed by atoms with van der Waals surface area (Å²) in [6.07, 6.45) is 1.45. The summed E-state index contributed by atoms with van der Waals surface area (Å²) in [4.78, 5) is 17.6. The van der Waals surface area contributed by atoms with Gasteiger partial charge in [0, 0.05) is 44.4 Å². The minimum atomic E-state index is -3.04. The summed E-state index contributed by atoms with van der Waals surface area (Å²) in [6.45, 7) is -1.95. The minimum Gasteiger partial charge on any atom is -0.434 e. The van der Waals surface area contributed by atoms with Crippen LogP contribution in [0.2, 0.25) is 0 Å². The lowest BCUT2D eigenvalue weighted by atomic mass is 10.2. The fourth-order valence-electron chi connectivity index (χ4n) is 3.21. The van der Waals surface area contributed by atoms with Gasteiger partial charge in [0.2, 0.25) is 5.91 Å². The molecule has 2 N–H and O–H groups in total. The zero-order valence-corrected chi connectivity index (χ0v) is 16.5. The third-order valence-corrected chi connectivity index (χ3v) is 4.73. The highest BCUT2D eigenvalue weighted by Gasteiger charge is 2.21. The molecule has 0 aromatic heterocycles. The number of halogens is 3. The Bertz CT molecular complexity index is 904. The number of nitrogens with zero attached hydrogens (tertiary/aromatic N) is 2. The van der Waals surface area contributed by atoms with E-state index in [0.717, 1.165) is 24.2 Å². The van der Waals surface area contributed by atoms with Gasteiger partial charge in [-0.05, 0) is 36.2 Å². The summed E-state index contributed by atoms with van der Waals surface area (Å²) < 4.78 is 43.5. The zero-order valence-electron chi connectivity index (χ0n) is 16.5. The average molecular weight is 420 g/mol. The van der Waals surface area contributed by atoms with Crippen molar-refractivity contribution in [2.45, 2.75) is 32.5 Å². The molecule has 0 spiro atoms. The molecule has 2 aromatic carbocycles. The van der Waals surface area contributed by atoms with E-state index in [1.54, 1.807) is 11.9 Å². The molecule has 0 aliphatic carbocycles. The number of ether oxygens (including phenoxy) is 1. The number of carbonyl (C=O) groups is 1. The number of benzene rings is 2. The predicted molar refractivity (Wildman–Crippen MR) is 108 cm³/mol. The number of hydrogen-bond donors (Lipinski definition) is 2. The van der Waals surface area contributed by atoms with Crippen LogP contribution in [-0.4, -0.2) is 32.1 Å². The first-order valence-corrected chi connectivity index (χ1v) is 9.54. The molecule has 1 aliphatic rings. The molecule has 9 heteroatoms. The number of aliphatic imine (C=N–C) groups is 1. The molecule has 1 heterocycles. The van der Waals surface area contributed by atoms with E-state index in [0.29, 0.717) is 18.9 Å². The summed E-state index contributed by atoms with van der Waals surface area (Å²) in [6, 6.07) is 11.4. The number of hydrogen-bond acceptors (Lipinski definition) is 3. The number of alkyl halides is 2. The molecule has 0 unspecified atom stereocenters. The summed E-state index contributed by atoms with van der Waals surface area (Å²) in [5.41, 5.74) is 1.82. The number of nitrogens with one attached hydrogen (secondary N) is 2. The minimum absolute atomic E-state index is 0.0135. The van der Waals surface area contributed by atoms with Crippen molar-refractivity contribution in [1.82, 2.24) is 10.6 Å². The molecule has 2 aromatic rings. The Morgan fingerprint density at radius 1 is 1.17 bits per heavy atom. The highest BCUT2D eigenvalue weighted by molar-refractivity contribution is 5.95. The number of rotatable bonds is 7. The lowest BCUT2D eigenvalue weighted by molar-refractivity contribution is -0.117. The molecular weight excluding hydrogens is 397 g/mol. The number of guanidine groups is 1. The molecule has 1 aliphatic heterocycles. The van der Waals surface area contributed by atoms with Crippen molar-refractivity contribution in [3.8, 4) is 5.75 Å². The van der Waals surface area contributed by atoms with Gasteiger partial charge in [0.15, 0.2) is 5.96 Å². The van der Waals surface area contributed by atoms with E-state index in [1.807, 2.05) is 24.3 Å². The Balaban J connectivity index is 1.56. The van der Waals surface area contributed by atoms with Crippen molar-refractivity contribution in [3.63, 3.8) is 0 Å². The van der Waals surface area contributed by atoms with Crippen molar-refractivity contribution in [1.29, 1.82) is 0 Å². The van der Waals surface area contributed by atoms with Crippen LogP contribution in [0.3, 0.4) is 0 Å². The van der Waals surface area contributed by atoms with Gasteiger partial charge in [0.05, 0.1) is 0 Å². The van der Waals surface area contributed by atoms with Gasteiger partial charge in [0.1, 0.15) is 11.6 Å². The Labute approximate surface area is 172 Å². The maximum absolute atomic E-state index is 14.0. The summed E-state index contributed by atoms with van der Waals surface area (Å²) in [7, 11) is 1.55. The van der Waals surface area contributed by atoms with E-state index >= 15 is 0 Å². The van der Waals surface area contributed by atoms with E-state index in [-0.39, 0.29) is 23.8 Å². The van der Waals surface area contributed by atoms with Crippen LogP contribution in [0.15, 0.2) is 47.5 Å². The van der Waals surface area contributed by atoms with Crippen molar-refractivity contribution >= 4 is 17.6 Å². The summed E-state index contributed by atoms with van der Waals surface area (Å²) in [5, 5.41) is 5.97. The second kappa shape index (κ2) is 10.00. The van der Waals surface area contributed by atoms with Crippen LogP contribution < -0.4 is 20.3 Å². The molecule has 0 radical (unpaired) electrons. The van der Waals surface area contributed by atoms with Gasteiger partial charge in [-0.3, -0.25) is 9.79 Å². The van der Waals surface area contributed by atoms with Gasteiger partial charge < -0.3 is 20.3 Å². The molecule has 30 heavy (non-hydrogen) atoms. The van der Waals surface area contributed by atoms with Gasteiger partial charge in [-0.2, -0.15) is 8.78 Å². The number of amides is 1. The first-order chi connectivity index (χ1) is 14.5. The Morgan fingerprint density at radius 2 is 1.90 bits per heavy atom. The lowest BCUT2D eigenvalue weighted by Crippen LogP contribution is -2.36. The van der Waals surface area contributed by atoms with Gasteiger partial charge >= 0.3 is 6.61 Å². The molecule has 0 bridgehead atoms. The molecule has 1 fully saturated rings. The maximum atomic E-state index is 14.0. The third-order valence-electron chi connectivity index (χ3n) is 4.73. The zero-order chi connectivity index (χ0) is 21.5. The van der Waals surface area contributed by atoms with Gasteiger partial charge in [-0.15, -0.1) is 0 Å². The van der Waals surface area contributed by atoms with Crippen LogP contribution in [0.4, 0.5) is 18.9 Å². The van der Waals surface area contributed by atoms with Crippen molar-refractivity contribution < 1.29 is 22.7 Å². The average Bonchev–Trinajstić information content (AvgIpc) is 3.15. The maximum Gasteiger partial charge on any atom is 0.387 e. The predicted octanol–water partition coefficient (Wildman–Crippen LogP) is 3.42. The first-order valence-electron chi connectivity index (χ1n) is 9.54. The molecule has 0 saturated carbocycles. The van der Waals surface area contributed by atoms with E-state index in [2.05, 4.69) is 20.4 Å². The van der Waals surface area contributed by atoms with Crippen LogP contribution in [0.5, 0.6) is 5.75 Å². The Kier molecular flexibility index (Phi) is 7.16. The number of carbonyl (C=O) groups excluding carboxylic acids is 1. The SMILES string of the molecule is CN=C(NCc1ccc(N2CCCC2=O)cc1)NCc1c(F)cccc1OC(F)F. The molecule has 1 amide bonds. The smallest absolute Gasteiger partial charge is 0.387 e. The topological polar surface area (TPSA) is 66.0 Å². The third kappa shape index (κ3) is 5.43. The molecule has 0 atom stereocenters. The Morgan fingerprint density at radius 3 is 2.53 bits per heavy atom. The van der Waals surface area contributed by atoms with Crippen LogP contribution >= 0.6 is 0 Å². The molecule has 6 nitrogen and oxygen atoms in total. The van der Waals surface area contributed by atoms with E-state index in [1.165, 1.54) is 18.2 Å². The quantitative estimate of drug-likeness (QED) is 0.532. The molecule has 160 valence electrons. The lowest BCUT2D eigenvalue weighted by Gasteiger charge is -2.17. The fraction of sp³-hybridized carbons (Fsp3) is 0.333. The fourth-order valence-corrected chi connectivity index (χ4v) is 3.21.